The zero-order valence-electron chi connectivity index (χ0n) is 16.2. The molecule has 8 nitrogen and oxygen atoms in total. The van der Waals surface area contributed by atoms with Gasteiger partial charge in [-0.2, -0.15) is 0 Å². The van der Waals surface area contributed by atoms with Crippen molar-refractivity contribution < 1.29 is 33.3 Å². The molecule has 0 heterocycles. The first-order chi connectivity index (χ1) is 13.5. The van der Waals surface area contributed by atoms with Crippen LogP contribution in [0.4, 0.5) is 5.69 Å². The minimum absolute atomic E-state index is 0.101. The van der Waals surface area contributed by atoms with Crippen molar-refractivity contribution in [2.75, 3.05) is 40.4 Å². The maximum absolute atomic E-state index is 12.4. The number of carbonyl (C=O) groups is 2. The summed E-state index contributed by atoms with van der Waals surface area (Å²) in [6.07, 6.45) is 0.101. The summed E-state index contributed by atoms with van der Waals surface area (Å²) in [5.41, 5.74) is 1.24. The molecule has 0 unspecified atom stereocenters. The largest absolute Gasteiger partial charge is 0.493 e. The van der Waals surface area contributed by atoms with E-state index in [1.54, 1.807) is 36.4 Å². The lowest BCUT2D eigenvalue weighted by Crippen LogP contribution is -2.15. The van der Waals surface area contributed by atoms with E-state index in [1.807, 2.05) is 0 Å². The molecule has 28 heavy (non-hydrogen) atoms. The molecular formula is C20H23NO7. The van der Waals surface area contributed by atoms with Gasteiger partial charge in [0, 0.05) is 11.8 Å². The molecule has 0 spiro atoms. The van der Waals surface area contributed by atoms with Crippen molar-refractivity contribution in [2.24, 2.45) is 0 Å². The van der Waals surface area contributed by atoms with Gasteiger partial charge in [-0.3, -0.25) is 4.79 Å². The van der Waals surface area contributed by atoms with Crippen LogP contribution in [0.3, 0.4) is 0 Å². The van der Waals surface area contributed by atoms with Gasteiger partial charge in [0.2, 0.25) is 11.7 Å². The van der Waals surface area contributed by atoms with Gasteiger partial charge in [-0.1, -0.05) is 6.07 Å². The molecule has 0 fully saturated rings. The van der Waals surface area contributed by atoms with Crippen LogP contribution in [-0.2, 0) is 20.7 Å². The van der Waals surface area contributed by atoms with Gasteiger partial charge in [0.25, 0.3) is 0 Å². The Bertz CT molecular complexity index is 810. The number of esters is 1. The predicted molar refractivity (Wildman–Crippen MR) is 102 cm³/mol. The molecule has 0 saturated carbocycles. The van der Waals surface area contributed by atoms with E-state index in [1.165, 1.54) is 28.4 Å². The highest BCUT2D eigenvalue weighted by molar-refractivity contribution is 5.92. The molecule has 1 amide bonds. The molecule has 150 valence electrons. The van der Waals surface area contributed by atoms with Crippen molar-refractivity contribution in [3.8, 4) is 23.0 Å². The number of methoxy groups -OCH3 is 4. The van der Waals surface area contributed by atoms with E-state index in [4.69, 9.17) is 18.9 Å². The summed E-state index contributed by atoms with van der Waals surface area (Å²) in [6.45, 7) is -0.209. The molecule has 0 radical (unpaired) electrons. The molecule has 0 bridgehead atoms. The number of anilines is 1. The average molecular weight is 389 g/mol. The monoisotopic (exact) mass is 389 g/mol. The number of ether oxygens (including phenoxy) is 5. The van der Waals surface area contributed by atoms with E-state index in [9.17, 15) is 9.59 Å². The Labute approximate surface area is 163 Å². The van der Waals surface area contributed by atoms with E-state index in [2.05, 4.69) is 10.1 Å². The summed E-state index contributed by atoms with van der Waals surface area (Å²) in [7, 11) is 5.83. The molecule has 2 aromatic rings. The van der Waals surface area contributed by atoms with Crippen molar-refractivity contribution in [3.63, 3.8) is 0 Å². The van der Waals surface area contributed by atoms with Crippen LogP contribution >= 0.6 is 0 Å². The number of nitrogens with one attached hydrogen (secondary N) is 1. The molecule has 2 aromatic carbocycles. The van der Waals surface area contributed by atoms with Crippen LogP contribution in [0.5, 0.6) is 23.0 Å². The fraction of sp³-hybridized carbons (Fsp3) is 0.300. The first kappa shape index (κ1) is 20.9. The Balaban J connectivity index is 2.07. The second-order valence-electron chi connectivity index (χ2n) is 5.65. The lowest BCUT2D eigenvalue weighted by molar-refractivity contribution is -0.142. The summed E-state index contributed by atoms with van der Waals surface area (Å²) in [4.78, 5) is 23.6. The Morgan fingerprint density at radius 2 is 1.61 bits per heavy atom. The highest BCUT2D eigenvalue weighted by Crippen LogP contribution is 2.38. The van der Waals surface area contributed by atoms with Crippen LogP contribution in [0.1, 0.15) is 5.56 Å². The molecule has 0 aliphatic rings. The highest BCUT2D eigenvalue weighted by atomic mass is 16.6. The zero-order valence-corrected chi connectivity index (χ0v) is 16.2. The molecule has 0 saturated heterocycles. The third-order valence-electron chi connectivity index (χ3n) is 3.79. The first-order valence-electron chi connectivity index (χ1n) is 8.39. The Morgan fingerprint density at radius 1 is 0.929 bits per heavy atom. The maximum Gasteiger partial charge on any atom is 0.343 e. The quantitative estimate of drug-likeness (QED) is 0.659. The lowest BCUT2D eigenvalue weighted by atomic mass is 10.1. The average Bonchev–Trinajstić information content (AvgIpc) is 2.71. The van der Waals surface area contributed by atoms with Gasteiger partial charge in [-0.25, -0.2) is 4.79 Å². The third-order valence-corrected chi connectivity index (χ3v) is 3.79. The van der Waals surface area contributed by atoms with E-state index in [-0.39, 0.29) is 18.9 Å². The lowest BCUT2D eigenvalue weighted by Gasteiger charge is -2.14. The van der Waals surface area contributed by atoms with Crippen LogP contribution in [0.2, 0.25) is 0 Å². The van der Waals surface area contributed by atoms with Crippen molar-refractivity contribution in [1.29, 1.82) is 0 Å². The summed E-state index contributed by atoms with van der Waals surface area (Å²) < 4.78 is 25.7. The van der Waals surface area contributed by atoms with E-state index < -0.39 is 5.97 Å². The SMILES string of the molecule is COC(=O)COc1cccc(NC(=O)Cc2cc(OC)c(OC)c(OC)c2)c1. The van der Waals surface area contributed by atoms with E-state index >= 15 is 0 Å². The molecule has 0 aliphatic heterocycles. The van der Waals surface area contributed by atoms with Crippen LogP contribution in [0.15, 0.2) is 36.4 Å². The second kappa shape index (κ2) is 10.1. The van der Waals surface area contributed by atoms with Gasteiger partial charge in [0.1, 0.15) is 5.75 Å². The number of carbonyl (C=O) groups excluding carboxylic acids is 2. The van der Waals surface area contributed by atoms with Crippen molar-refractivity contribution in [1.82, 2.24) is 0 Å². The Hall–Kier alpha value is -3.42. The van der Waals surface area contributed by atoms with Gasteiger partial charge >= 0.3 is 5.97 Å². The van der Waals surface area contributed by atoms with Crippen LogP contribution in [-0.4, -0.2) is 46.9 Å². The molecule has 1 N–H and O–H groups in total. The standard InChI is InChI=1S/C20H23NO7/c1-24-16-8-13(9-17(25-2)20(16)27-4)10-18(22)21-14-6-5-7-15(11-14)28-12-19(23)26-3/h5-9,11H,10,12H2,1-4H3,(H,21,22). The van der Waals surface area contributed by atoms with Gasteiger partial charge < -0.3 is 29.0 Å². The molecule has 0 atom stereocenters. The maximum atomic E-state index is 12.4. The number of amides is 1. The molecule has 2 rings (SSSR count). The van der Waals surface area contributed by atoms with E-state index in [0.29, 0.717) is 34.2 Å². The van der Waals surface area contributed by atoms with Gasteiger partial charge in [0.15, 0.2) is 18.1 Å². The molecule has 8 heteroatoms. The predicted octanol–water partition coefficient (Wildman–Crippen LogP) is 2.45. The highest BCUT2D eigenvalue weighted by Gasteiger charge is 2.15. The molecule has 0 aromatic heterocycles. The minimum atomic E-state index is -0.489. The number of rotatable bonds is 9. The topological polar surface area (TPSA) is 92.3 Å². The Morgan fingerprint density at radius 3 is 2.18 bits per heavy atom. The third kappa shape index (κ3) is 5.54. The van der Waals surface area contributed by atoms with Crippen LogP contribution < -0.4 is 24.3 Å². The first-order valence-corrected chi connectivity index (χ1v) is 8.39. The number of benzene rings is 2. The fourth-order valence-corrected chi connectivity index (χ4v) is 2.49. The molecule has 0 aliphatic carbocycles. The number of hydrogen-bond acceptors (Lipinski definition) is 7. The summed E-state index contributed by atoms with van der Waals surface area (Å²) >= 11 is 0. The zero-order chi connectivity index (χ0) is 20.5. The van der Waals surface area contributed by atoms with Crippen molar-refractivity contribution in [3.05, 3.63) is 42.0 Å². The molecular weight excluding hydrogens is 366 g/mol. The van der Waals surface area contributed by atoms with Gasteiger partial charge in [-0.15, -0.1) is 0 Å². The summed E-state index contributed by atoms with van der Waals surface area (Å²) in [5, 5.41) is 2.79. The fourth-order valence-electron chi connectivity index (χ4n) is 2.49. The van der Waals surface area contributed by atoms with Crippen molar-refractivity contribution >= 4 is 17.6 Å². The van der Waals surface area contributed by atoms with Gasteiger partial charge in [0.05, 0.1) is 34.9 Å². The second-order valence-corrected chi connectivity index (χ2v) is 5.65. The number of hydrogen-bond donors (Lipinski definition) is 1. The van der Waals surface area contributed by atoms with Gasteiger partial charge in [-0.05, 0) is 29.8 Å². The minimum Gasteiger partial charge on any atom is -0.493 e. The van der Waals surface area contributed by atoms with E-state index in [0.717, 1.165) is 0 Å². The summed E-state index contributed by atoms with van der Waals surface area (Å²) in [5.74, 6) is 1.13. The smallest absolute Gasteiger partial charge is 0.343 e. The van der Waals surface area contributed by atoms with Crippen LogP contribution in [0, 0.1) is 0 Å². The Kier molecular flexibility index (Phi) is 7.50. The van der Waals surface area contributed by atoms with Crippen molar-refractivity contribution in [2.45, 2.75) is 6.42 Å². The summed E-state index contributed by atoms with van der Waals surface area (Å²) in [6, 6.07) is 10.2. The van der Waals surface area contributed by atoms with Crippen LogP contribution in [0.25, 0.3) is 0 Å². The normalized spacial score (nSPS) is 10.0.